The average Bonchev–Trinajstić information content (AvgIpc) is 2.35. The second kappa shape index (κ2) is 6.83. The van der Waals surface area contributed by atoms with E-state index in [1.165, 1.54) is 45.1 Å². The molecule has 3 heteroatoms. The molecular formula is C13H24ClNO. The molecule has 0 spiro atoms. The molecule has 0 N–H and O–H groups in total. The van der Waals surface area contributed by atoms with E-state index < -0.39 is 0 Å². The van der Waals surface area contributed by atoms with E-state index in [2.05, 4.69) is 4.90 Å². The standard InChI is InChI=1S/C13H24ClNO/c14-7-10-16-11-9-15-8-3-5-12-4-1-2-6-13(12)15/h12-13H,1-11H2. The minimum Gasteiger partial charge on any atom is -0.379 e. The summed E-state index contributed by atoms with van der Waals surface area (Å²) in [5.41, 5.74) is 0. The summed E-state index contributed by atoms with van der Waals surface area (Å²) in [7, 11) is 0. The summed E-state index contributed by atoms with van der Waals surface area (Å²) in [4.78, 5) is 2.67. The lowest BCUT2D eigenvalue weighted by Crippen LogP contribution is -2.47. The summed E-state index contributed by atoms with van der Waals surface area (Å²) in [6, 6.07) is 0.863. The van der Waals surface area contributed by atoms with Gasteiger partial charge in [-0.2, -0.15) is 0 Å². The van der Waals surface area contributed by atoms with Gasteiger partial charge in [-0.3, -0.25) is 4.90 Å². The number of alkyl halides is 1. The highest BCUT2D eigenvalue weighted by atomic mass is 35.5. The fourth-order valence-electron chi connectivity index (χ4n) is 3.34. The zero-order valence-electron chi connectivity index (χ0n) is 10.2. The van der Waals surface area contributed by atoms with Gasteiger partial charge in [0, 0.05) is 18.5 Å². The predicted molar refractivity (Wildman–Crippen MR) is 68.1 cm³/mol. The Bertz CT molecular complexity index is 198. The maximum atomic E-state index is 5.60. The number of ether oxygens (including phenoxy) is 1. The van der Waals surface area contributed by atoms with E-state index in [0.717, 1.165) is 25.1 Å². The summed E-state index contributed by atoms with van der Waals surface area (Å²) < 4.78 is 5.49. The first-order valence-electron chi connectivity index (χ1n) is 6.79. The first-order chi connectivity index (χ1) is 7.92. The second-order valence-electron chi connectivity index (χ2n) is 5.09. The smallest absolute Gasteiger partial charge is 0.0602 e. The third-order valence-electron chi connectivity index (χ3n) is 4.10. The Morgan fingerprint density at radius 3 is 2.75 bits per heavy atom. The summed E-state index contributed by atoms with van der Waals surface area (Å²) in [6.07, 6.45) is 8.61. The molecule has 2 fully saturated rings. The van der Waals surface area contributed by atoms with Gasteiger partial charge in [0.15, 0.2) is 0 Å². The van der Waals surface area contributed by atoms with Crippen LogP contribution < -0.4 is 0 Å². The molecule has 1 saturated heterocycles. The third-order valence-corrected chi connectivity index (χ3v) is 4.26. The Morgan fingerprint density at radius 2 is 1.88 bits per heavy atom. The lowest BCUT2D eigenvalue weighted by Gasteiger charge is -2.44. The molecule has 0 amide bonds. The Morgan fingerprint density at radius 1 is 1.06 bits per heavy atom. The van der Waals surface area contributed by atoms with E-state index in [-0.39, 0.29) is 0 Å². The molecule has 2 unspecified atom stereocenters. The topological polar surface area (TPSA) is 12.5 Å². The van der Waals surface area contributed by atoms with Crippen LogP contribution in [0, 0.1) is 5.92 Å². The molecule has 2 aliphatic rings. The van der Waals surface area contributed by atoms with Crippen molar-refractivity contribution in [2.45, 2.75) is 44.6 Å². The van der Waals surface area contributed by atoms with E-state index in [1.807, 2.05) is 0 Å². The lowest BCUT2D eigenvalue weighted by atomic mass is 9.78. The van der Waals surface area contributed by atoms with E-state index in [4.69, 9.17) is 16.3 Å². The largest absolute Gasteiger partial charge is 0.379 e. The molecule has 1 aliphatic heterocycles. The van der Waals surface area contributed by atoms with E-state index >= 15 is 0 Å². The number of fused-ring (bicyclic) bond motifs is 1. The minimum absolute atomic E-state index is 0.617. The maximum Gasteiger partial charge on any atom is 0.0602 e. The Hall–Kier alpha value is 0.210. The van der Waals surface area contributed by atoms with Crippen molar-refractivity contribution in [2.75, 3.05) is 32.2 Å². The second-order valence-corrected chi connectivity index (χ2v) is 5.47. The predicted octanol–water partition coefficient (Wildman–Crippen LogP) is 2.90. The van der Waals surface area contributed by atoms with Gasteiger partial charge in [-0.1, -0.05) is 12.8 Å². The first kappa shape index (κ1) is 12.7. The highest BCUT2D eigenvalue weighted by Gasteiger charge is 2.32. The first-order valence-corrected chi connectivity index (χ1v) is 7.33. The van der Waals surface area contributed by atoms with Gasteiger partial charge in [0.25, 0.3) is 0 Å². The lowest BCUT2D eigenvalue weighted by molar-refractivity contribution is 0.0318. The van der Waals surface area contributed by atoms with Gasteiger partial charge in [0.2, 0.25) is 0 Å². The summed E-state index contributed by atoms with van der Waals surface area (Å²) in [6.45, 7) is 3.95. The molecule has 0 radical (unpaired) electrons. The number of hydrogen-bond acceptors (Lipinski definition) is 2. The van der Waals surface area contributed by atoms with Crippen molar-refractivity contribution < 1.29 is 4.74 Å². The van der Waals surface area contributed by atoms with Crippen LogP contribution in [0.3, 0.4) is 0 Å². The molecule has 0 aromatic carbocycles. The number of hydrogen-bond donors (Lipinski definition) is 0. The SMILES string of the molecule is ClCCOCCN1CCCC2CCCCC21. The monoisotopic (exact) mass is 245 g/mol. The zero-order valence-corrected chi connectivity index (χ0v) is 10.9. The Kier molecular flexibility index (Phi) is 5.40. The number of rotatable bonds is 5. The molecule has 0 aromatic heterocycles. The van der Waals surface area contributed by atoms with Gasteiger partial charge in [0.1, 0.15) is 0 Å². The van der Waals surface area contributed by atoms with Gasteiger partial charge in [-0.25, -0.2) is 0 Å². The van der Waals surface area contributed by atoms with Crippen LogP contribution in [-0.2, 0) is 4.74 Å². The van der Waals surface area contributed by atoms with Gasteiger partial charge < -0.3 is 4.74 Å². The highest BCUT2D eigenvalue weighted by Crippen LogP contribution is 2.34. The van der Waals surface area contributed by atoms with E-state index in [1.54, 1.807) is 0 Å². The number of piperidine rings is 1. The summed E-state index contributed by atoms with van der Waals surface area (Å²) >= 11 is 5.60. The fraction of sp³-hybridized carbons (Fsp3) is 1.00. The Balaban J connectivity index is 1.74. The quantitative estimate of drug-likeness (QED) is 0.546. The molecule has 94 valence electrons. The molecule has 2 nitrogen and oxygen atoms in total. The van der Waals surface area contributed by atoms with Crippen molar-refractivity contribution in [3.8, 4) is 0 Å². The van der Waals surface area contributed by atoms with Crippen LogP contribution in [0.2, 0.25) is 0 Å². The highest BCUT2D eigenvalue weighted by molar-refractivity contribution is 6.17. The van der Waals surface area contributed by atoms with Crippen molar-refractivity contribution in [3.05, 3.63) is 0 Å². The van der Waals surface area contributed by atoms with E-state index in [0.29, 0.717) is 12.5 Å². The molecule has 1 saturated carbocycles. The zero-order chi connectivity index (χ0) is 11.2. The van der Waals surface area contributed by atoms with Crippen molar-refractivity contribution in [3.63, 3.8) is 0 Å². The van der Waals surface area contributed by atoms with Crippen LogP contribution in [0.5, 0.6) is 0 Å². The van der Waals surface area contributed by atoms with Crippen LogP contribution in [0.15, 0.2) is 0 Å². The molecule has 0 bridgehead atoms. The minimum atomic E-state index is 0.617. The van der Waals surface area contributed by atoms with Gasteiger partial charge >= 0.3 is 0 Å². The van der Waals surface area contributed by atoms with Crippen LogP contribution in [0.4, 0.5) is 0 Å². The van der Waals surface area contributed by atoms with Crippen molar-refractivity contribution in [1.82, 2.24) is 4.90 Å². The van der Waals surface area contributed by atoms with Crippen LogP contribution in [0.25, 0.3) is 0 Å². The maximum absolute atomic E-state index is 5.60. The van der Waals surface area contributed by atoms with Gasteiger partial charge in [-0.05, 0) is 38.1 Å². The third kappa shape index (κ3) is 3.35. The van der Waals surface area contributed by atoms with Crippen LogP contribution in [-0.4, -0.2) is 43.1 Å². The molecule has 2 atom stereocenters. The molecule has 1 heterocycles. The fourth-order valence-corrected chi connectivity index (χ4v) is 3.45. The molecular weight excluding hydrogens is 222 g/mol. The molecule has 16 heavy (non-hydrogen) atoms. The number of halogens is 1. The van der Waals surface area contributed by atoms with Gasteiger partial charge in [-0.15, -0.1) is 11.6 Å². The molecule has 2 rings (SSSR count). The normalized spacial score (nSPS) is 31.3. The molecule has 1 aliphatic carbocycles. The van der Waals surface area contributed by atoms with Crippen molar-refractivity contribution in [2.24, 2.45) is 5.92 Å². The number of nitrogens with zero attached hydrogens (tertiary/aromatic N) is 1. The molecule has 0 aromatic rings. The van der Waals surface area contributed by atoms with Crippen molar-refractivity contribution >= 4 is 11.6 Å². The summed E-state index contributed by atoms with van der Waals surface area (Å²) in [5, 5.41) is 0. The Labute approximate surface area is 104 Å². The van der Waals surface area contributed by atoms with Crippen molar-refractivity contribution in [1.29, 1.82) is 0 Å². The van der Waals surface area contributed by atoms with Gasteiger partial charge in [0.05, 0.1) is 13.2 Å². The average molecular weight is 246 g/mol. The van der Waals surface area contributed by atoms with E-state index in [9.17, 15) is 0 Å². The van der Waals surface area contributed by atoms with Crippen LogP contribution in [0.1, 0.15) is 38.5 Å². The van der Waals surface area contributed by atoms with Crippen LogP contribution >= 0.6 is 11.6 Å². The summed E-state index contributed by atoms with van der Waals surface area (Å²) in [5.74, 6) is 1.60. The number of likely N-dealkylation sites (tertiary alicyclic amines) is 1.